The second-order valence-corrected chi connectivity index (χ2v) is 5.84. The van der Waals surface area contributed by atoms with Gasteiger partial charge in [0.05, 0.1) is 11.2 Å². The van der Waals surface area contributed by atoms with Gasteiger partial charge in [-0.1, -0.05) is 35.9 Å². The third-order valence-corrected chi connectivity index (χ3v) is 3.71. The first-order valence-electron chi connectivity index (χ1n) is 7.85. The van der Waals surface area contributed by atoms with Crippen molar-refractivity contribution in [3.63, 3.8) is 0 Å². The molecule has 132 valence electrons. The van der Waals surface area contributed by atoms with Gasteiger partial charge in [0.1, 0.15) is 0 Å². The van der Waals surface area contributed by atoms with Crippen molar-refractivity contribution in [1.82, 2.24) is 4.98 Å². The lowest BCUT2D eigenvalue weighted by Gasteiger charge is -2.08. The molecule has 0 fully saturated rings. The molecule has 0 saturated carbocycles. The number of pyridine rings is 1. The van der Waals surface area contributed by atoms with Crippen LogP contribution in [0.4, 0.5) is 18.9 Å². The van der Waals surface area contributed by atoms with Crippen LogP contribution in [0.15, 0.2) is 54.6 Å². The van der Waals surface area contributed by atoms with E-state index in [0.717, 1.165) is 22.2 Å². The monoisotopic (exact) mass is 356 g/mol. The minimum absolute atomic E-state index is 0.0800. The van der Waals surface area contributed by atoms with E-state index >= 15 is 0 Å². The predicted octanol–water partition coefficient (Wildman–Crippen LogP) is 5.21. The SMILES string of the molecule is Cc1ccc2nc(/C=C\c3cccc(NC(=O)C(F)(F)F)c3)ccc2c1. The van der Waals surface area contributed by atoms with Gasteiger partial charge in [-0.15, -0.1) is 0 Å². The van der Waals surface area contributed by atoms with Crippen LogP contribution in [-0.2, 0) is 4.79 Å². The van der Waals surface area contributed by atoms with E-state index in [4.69, 9.17) is 0 Å². The van der Waals surface area contributed by atoms with E-state index in [0.29, 0.717) is 5.56 Å². The van der Waals surface area contributed by atoms with Crippen molar-refractivity contribution in [3.8, 4) is 0 Å². The van der Waals surface area contributed by atoms with Crippen molar-refractivity contribution < 1.29 is 18.0 Å². The van der Waals surface area contributed by atoms with E-state index in [1.165, 1.54) is 12.1 Å². The standard InChI is InChI=1S/C20H15F3N2O/c1-13-5-10-18-15(11-13)7-9-16(24-18)8-6-14-3-2-4-17(12-14)25-19(26)20(21,22)23/h2-12H,1H3,(H,25,26)/b8-6-. The Bertz CT molecular complexity index is 994. The predicted molar refractivity (Wildman–Crippen MR) is 96.5 cm³/mol. The molecule has 0 aliphatic heterocycles. The normalized spacial score (nSPS) is 11.8. The lowest BCUT2D eigenvalue weighted by molar-refractivity contribution is -0.167. The largest absolute Gasteiger partial charge is 0.471 e. The molecule has 0 saturated heterocycles. The van der Waals surface area contributed by atoms with Crippen molar-refractivity contribution in [2.75, 3.05) is 5.32 Å². The van der Waals surface area contributed by atoms with E-state index in [-0.39, 0.29) is 5.69 Å². The number of nitrogens with one attached hydrogen (secondary N) is 1. The molecule has 1 N–H and O–H groups in total. The maximum Gasteiger partial charge on any atom is 0.471 e. The van der Waals surface area contributed by atoms with Crippen molar-refractivity contribution >= 4 is 34.6 Å². The average molecular weight is 356 g/mol. The van der Waals surface area contributed by atoms with Crippen molar-refractivity contribution in [3.05, 3.63) is 71.4 Å². The highest BCUT2D eigenvalue weighted by molar-refractivity contribution is 5.95. The van der Waals surface area contributed by atoms with Gasteiger partial charge < -0.3 is 5.32 Å². The van der Waals surface area contributed by atoms with E-state index in [1.807, 2.05) is 42.6 Å². The maximum absolute atomic E-state index is 12.3. The second kappa shape index (κ2) is 7.00. The number of rotatable bonds is 3. The molecule has 3 aromatic rings. The van der Waals surface area contributed by atoms with E-state index in [1.54, 1.807) is 24.3 Å². The molecular weight excluding hydrogens is 341 g/mol. The molecule has 0 atom stereocenters. The number of aryl methyl sites for hydroxylation is 1. The first-order chi connectivity index (χ1) is 12.3. The molecule has 1 heterocycles. The Morgan fingerprint density at radius 3 is 2.62 bits per heavy atom. The zero-order valence-corrected chi connectivity index (χ0v) is 13.8. The summed E-state index contributed by atoms with van der Waals surface area (Å²) in [5, 5.41) is 2.88. The summed E-state index contributed by atoms with van der Waals surface area (Å²) >= 11 is 0. The van der Waals surface area contributed by atoms with E-state index in [9.17, 15) is 18.0 Å². The summed E-state index contributed by atoms with van der Waals surface area (Å²) in [6, 6.07) is 16.0. The highest BCUT2D eigenvalue weighted by Gasteiger charge is 2.38. The number of benzene rings is 2. The van der Waals surface area contributed by atoms with E-state index in [2.05, 4.69) is 4.98 Å². The van der Waals surface area contributed by atoms with Crippen LogP contribution in [0.3, 0.4) is 0 Å². The molecule has 3 nitrogen and oxygen atoms in total. The minimum Gasteiger partial charge on any atom is -0.318 e. The molecule has 0 aliphatic rings. The van der Waals surface area contributed by atoms with Gasteiger partial charge in [0.15, 0.2) is 0 Å². The third-order valence-electron chi connectivity index (χ3n) is 3.71. The number of anilines is 1. The number of hydrogen-bond donors (Lipinski definition) is 1. The summed E-state index contributed by atoms with van der Waals surface area (Å²) in [7, 11) is 0. The highest BCUT2D eigenvalue weighted by Crippen LogP contribution is 2.20. The van der Waals surface area contributed by atoms with Gasteiger partial charge in [-0.25, -0.2) is 4.98 Å². The number of amides is 1. The quantitative estimate of drug-likeness (QED) is 0.700. The maximum atomic E-state index is 12.3. The molecular formula is C20H15F3N2O. The van der Waals surface area contributed by atoms with Crippen molar-refractivity contribution in [2.45, 2.75) is 13.1 Å². The summed E-state index contributed by atoms with van der Waals surface area (Å²) < 4.78 is 37.0. The van der Waals surface area contributed by atoms with Gasteiger partial charge in [0, 0.05) is 11.1 Å². The number of fused-ring (bicyclic) bond motifs is 1. The zero-order valence-electron chi connectivity index (χ0n) is 13.8. The molecule has 0 spiro atoms. The van der Waals surface area contributed by atoms with Crippen molar-refractivity contribution in [2.24, 2.45) is 0 Å². The highest BCUT2D eigenvalue weighted by atomic mass is 19.4. The van der Waals surface area contributed by atoms with Crippen LogP contribution in [-0.4, -0.2) is 17.1 Å². The van der Waals surface area contributed by atoms with Crippen LogP contribution in [0.25, 0.3) is 23.1 Å². The average Bonchev–Trinajstić information content (AvgIpc) is 2.59. The molecule has 0 bridgehead atoms. The number of alkyl halides is 3. The number of aromatic nitrogens is 1. The minimum atomic E-state index is -4.92. The number of halogens is 3. The van der Waals surface area contributed by atoms with Gasteiger partial charge >= 0.3 is 12.1 Å². The van der Waals surface area contributed by atoms with Crippen LogP contribution in [0, 0.1) is 6.92 Å². The molecule has 26 heavy (non-hydrogen) atoms. The molecule has 1 aromatic heterocycles. The fourth-order valence-corrected chi connectivity index (χ4v) is 2.46. The van der Waals surface area contributed by atoms with Crippen LogP contribution in [0.1, 0.15) is 16.8 Å². The number of hydrogen-bond acceptors (Lipinski definition) is 2. The van der Waals surface area contributed by atoms with Gasteiger partial charge in [-0.2, -0.15) is 13.2 Å². The van der Waals surface area contributed by atoms with Gasteiger partial charge in [-0.05, 0) is 48.9 Å². The Kier molecular flexibility index (Phi) is 4.75. The number of nitrogens with zero attached hydrogens (tertiary/aromatic N) is 1. The van der Waals surface area contributed by atoms with Crippen LogP contribution in [0.2, 0.25) is 0 Å². The first kappa shape index (κ1) is 17.7. The van der Waals surface area contributed by atoms with Gasteiger partial charge in [0.2, 0.25) is 0 Å². The molecule has 3 rings (SSSR count). The molecule has 0 radical (unpaired) electrons. The summed E-state index contributed by atoms with van der Waals surface area (Å²) in [5.41, 5.74) is 3.47. The molecule has 0 aliphatic carbocycles. The summed E-state index contributed by atoms with van der Waals surface area (Å²) in [6.07, 6.45) is -1.42. The smallest absolute Gasteiger partial charge is 0.318 e. The van der Waals surface area contributed by atoms with Gasteiger partial charge in [0.25, 0.3) is 0 Å². The fraction of sp³-hybridized carbons (Fsp3) is 0.100. The second-order valence-electron chi connectivity index (χ2n) is 5.84. The first-order valence-corrected chi connectivity index (χ1v) is 7.85. The Labute approximate surface area is 148 Å². The Hall–Kier alpha value is -3.15. The Morgan fingerprint density at radius 2 is 1.85 bits per heavy atom. The number of carbonyl (C=O) groups excluding carboxylic acids is 1. The summed E-state index contributed by atoms with van der Waals surface area (Å²) in [4.78, 5) is 15.5. The molecule has 2 aromatic carbocycles. The lowest BCUT2D eigenvalue weighted by Crippen LogP contribution is -2.29. The van der Waals surface area contributed by atoms with Crippen LogP contribution < -0.4 is 5.32 Å². The van der Waals surface area contributed by atoms with Gasteiger partial charge in [-0.3, -0.25) is 4.79 Å². The number of carbonyl (C=O) groups is 1. The Morgan fingerprint density at radius 1 is 1.04 bits per heavy atom. The van der Waals surface area contributed by atoms with E-state index < -0.39 is 12.1 Å². The summed E-state index contributed by atoms with van der Waals surface area (Å²) in [5.74, 6) is -2.00. The zero-order chi connectivity index (χ0) is 18.7. The molecule has 0 unspecified atom stereocenters. The summed E-state index contributed by atoms with van der Waals surface area (Å²) in [6.45, 7) is 2.01. The lowest BCUT2D eigenvalue weighted by atomic mass is 10.1. The fourth-order valence-electron chi connectivity index (χ4n) is 2.46. The van der Waals surface area contributed by atoms with Crippen molar-refractivity contribution in [1.29, 1.82) is 0 Å². The molecule has 1 amide bonds. The topological polar surface area (TPSA) is 42.0 Å². The van der Waals surface area contributed by atoms with Crippen LogP contribution >= 0.6 is 0 Å². The Balaban J connectivity index is 1.79. The van der Waals surface area contributed by atoms with Crippen LogP contribution in [0.5, 0.6) is 0 Å². The molecule has 6 heteroatoms. The third kappa shape index (κ3) is 4.27.